The number of benzene rings is 2. The maximum absolute atomic E-state index is 13.7. The topological polar surface area (TPSA) is 66.5 Å². The molecule has 0 saturated heterocycles. The first kappa shape index (κ1) is 20.3. The Hall–Kier alpha value is -3.02. The van der Waals surface area contributed by atoms with Crippen LogP contribution in [0.25, 0.3) is 11.1 Å². The number of Topliss-reactive ketones (excluding diaryl/α,β-unsaturated/α-hetero) is 1. The number of carbonyl (C=O) groups is 3. The van der Waals surface area contributed by atoms with Crippen LogP contribution in [0.5, 0.6) is 0 Å². The summed E-state index contributed by atoms with van der Waals surface area (Å²) in [6, 6.07) is 10.4. The fraction of sp³-hybridized carbons (Fsp3) is 0.286. The molecule has 2 aromatic carbocycles. The summed E-state index contributed by atoms with van der Waals surface area (Å²) < 4.78 is 13.7. The van der Waals surface area contributed by atoms with Gasteiger partial charge in [-0.05, 0) is 55.3 Å². The average molecular weight is 370 g/mol. The molecule has 0 bridgehead atoms. The first-order valence-electron chi connectivity index (χ1n) is 8.63. The lowest BCUT2D eigenvalue weighted by Crippen LogP contribution is -2.38. The highest BCUT2D eigenvalue weighted by molar-refractivity contribution is 6.02. The van der Waals surface area contributed by atoms with Gasteiger partial charge in [0, 0.05) is 37.7 Å². The largest absolute Gasteiger partial charge is 0.359 e. The Bertz CT molecular complexity index is 879. The summed E-state index contributed by atoms with van der Waals surface area (Å²) in [5, 5.41) is 2.54. The van der Waals surface area contributed by atoms with Crippen molar-refractivity contribution in [3.05, 3.63) is 59.4 Å². The molecular weight excluding hydrogens is 347 g/mol. The van der Waals surface area contributed by atoms with Crippen molar-refractivity contribution in [2.24, 2.45) is 0 Å². The molecule has 5 nitrogen and oxygen atoms in total. The van der Waals surface area contributed by atoms with Crippen LogP contribution in [-0.2, 0) is 4.79 Å². The van der Waals surface area contributed by atoms with Gasteiger partial charge in [-0.1, -0.05) is 12.1 Å². The lowest BCUT2D eigenvalue weighted by Gasteiger charge is -2.24. The van der Waals surface area contributed by atoms with E-state index in [1.165, 1.54) is 30.0 Å². The number of nitrogens with zero attached hydrogens (tertiary/aromatic N) is 1. The van der Waals surface area contributed by atoms with E-state index in [0.29, 0.717) is 22.3 Å². The summed E-state index contributed by atoms with van der Waals surface area (Å²) in [6.45, 7) is 3.21. The minimum atomic E-state index is -0.456. The summed E-state index contributed by atoms with van der Waals surface area (Å²) in [5.41, 5.74) is 1.82. The number of amides is 2. The van der Waals surface area contributed by atoms with E-state index >= 15 is 0 Å². The van der Waals surface area contributed by atoms with Crippen molar-refractivity contribution in [2.45, 2.75) is 26.3 Å². The van der Waals surface area contributed by atoms with Gasteiger partial charge >= 0.3 is 0 Å². The monoisotopic (exact) mass is 370 g/mol. The molecular formula is C21H23FN2O3. The van der Waals surface area contributed by atoms with E-state index in [4.69, 9.17) is 0 Å². The Labute approximate surface area is 158 Å². The molecule has 2 rings (SSSR count). The number of halogens is 1. The predicted octanol–water partition coefficient (Wildman–Crippen LogP) is 3.29. The highest BCUT2D eigenvalue weighted by Crippen LogP contribution is 2.26. The normalized spacial score (nSPS) is 11.6. The Morgan fingerprint density at radius 2 is 1.85 bits per heavy atom. The molecule has 0 radical (unpaired) electrons. The van der Waals surface area contributed by atoms with Gasteiger partial charge in [-0.3, -0.25) is 14.4 Å². The maximum atomic E-state index is 13.7. The molecule has 1 N–H and O–H groups in total. The number of hydrogen-bond donors (Lipinski definition) is 1. The molecule has 2 aromatic rings. The molecule has 0 fully saturated rings. The van der Waals surface area contributed by atoms with Gasteiger partial charge in [-0.2, -0.15) is 0 Å². The molecule has 142 valence electrons. The molecule has 0 aliphatic rings. The van der Waals surface area contributed by atoms with Crippen molar-refractivity contribution in [2.75, 3.05) is 14.1 Å². The van der Waals surface area contributed by atoms with Crippen LogP contribution in [0, 0.1) is 5.82 Å². The van der Waals surface area contributed by atoms with Crippen LogP contribution < -0.4 is 5.32 Å². The minimum absolute atomic E-state index is 0.151. The fourth-order valence-electron chi connectivity index (χ4n) is 2.79. The third-order valence-electron chi connectivity index (χ3n) is 4.52. The second-order valence-electron chi connectivity index (χ2n) is 6.47. The SMILES string of the molecule is CNC(=O)C[C@@H](C)N(C)C(=O)c1cccc(-c2cc(F)ccc2C(C)=O)c1. The van der Waals surface area contributed by atoms with E-state index in [0.717, 1.165) is 0 Å². The fourth-order valence-corrected chi connectivity index (χ4v) is 2.79. The summed E-state index contributed by atoms with van der Waals surface area (Å²) in [6.07, 6.45) is 0.191. The average Bonchev–Trinajstić information content (AvgIpc) is 2.66. The Morgan fingerprint density at radius 3 is 2.48 bits per heavy atom. The maximum Gasteiger partial charge on any atom is 0.253 e. The Kier molecular flexibility index (Phi) is 6.45. The number of ketones is 1. The van der Waals surface area contributed by atoms with E-state index in [-0.39, 0.29) is 30.1 Å². The second-order valence-corrected chi connectivity index (χ2v) is 6.47. The van der Waals surface area contributed by atoms with E-state index in [9.17, 15) is 18.8 Å². The number of nitrogens with one attached hydrogen (secondary N) is 1. The Balaban J connectivity index is 2.35. The summed E-state index contributed by atoms with van der Waals surface area (Å²) in [7, 11) is 3.18. The quantitative estimate of drug-likeness (QED) is 0.794. The van der Waals surface area contributed by atoms with Crippen molar-refractivity contribution < 1.29 is 18.8 Å². The van der Waals surface area contributed by atoms with Gasteiger partial charge in [0.15, 0.2) is 5.78 Å². The van der Waals surface area contributed by atoms with Gasteiger partial charge < -0.3 is 10.2 Å². The zero-order valence-electron chi connectivity index (χ0n) is 15.9. The van der Waals surface area contributed by atoms with Crippen molar-refractivity contribution >= 4 is 17.6 Å². The highest BCUT2D eigenvalue weighted by Gasteiger charge is 2.20. The summed E-state index contributed by atoms with van der Waals surface area (Å²) in [4.78, 5) is 37.7. The first-order valence-corrected chi connectivity index (χ1v) is 8.63. The molecule has 27 heavy (non-hydrogen) atoms. The summed E-state index contributed by atoms with van der Waals surface area (Å²) >= 11 is 0. The minimum Gasteiger partial charge on any atom is -0.359 e. The van der Waals surface area contributed by atoms with Crippen LogP contribution in [-0.4, -0.2) is 42.6 Å². The van der Waals surface area contributed by atoms with Crippen LogP contribution in [0.1, 0.15) is 41.0 Å². The highest BCUT2D eigenvalue weighted by atomic mass is 19.1. The van der Waals surface area contributed by atoms with Crippen molar-refractivity contribution in [1.29, 1.82) is 0 Å². The zero-order valence-corrected chi connectivity index (χ0v) is 15.9. The molecule has 6 heteroatoms. The number of hydrogen-bond acceptors (Lipinski definition) is 3. The van der Waals surface area contributed by atoms with E-state index in [1.807, 2.05) is 0 Å². The molecule has 0 saturated carbocycles. The van der Waals surface area contributed by atoms with Gasteiger partial charge in [0.05, 0.1) is 0 Å². The first-order chi connectivity index (χ1) is 12.7. The standard InChI is InChI=1S/C21H23FN2O3/c1-13(10-20(26)23-3)24(4)21(27)16-7-5-6-15(11-16)19-12-17(22)8-9-18(19)14(2)25/h5-9,11-13H,10H2,1-4H3,(H,23,26)/t13-/m1/s1. The number of rotatable bonds is 6. The van der Waals surface area contributed by atoms with Crippen molar-refractivity contribution in [3.8, 4) is 11.1 Å². The molecule has 0 unspecified atom stereocenters. The van der Waals surface area contributed by atoms with Gasteiger partial charge in [-0.15, -0.1) is 0 Å². The van der Waals surface area contributed by atoms with Crippen LogP contribution in [0.15, 0.2) is 42.5 Å². The van der Waals surface area contributed by atoms with Crippen LogP contribution in [0.4, 0.5) is 4.39 Å². The smallest absolute Gasteiger partial charge is 0.253 e. The van der Waals surface area contributed by atoms with E-state index in [1.54, 1.807) is 45.3 Å². The lowest BCUT2D eigenvalue weighted by atomic mass is 9.95. The van der Waals surface area contributed by atoms with Crippen molar-refractivity contribution in [1.82, 2.24) is 10.2 Å². The van der Waals surface area contributed by atoms with Gasteiger partial charge in [-0.25, -0.2) is 4.39 Å². The van der Waals surface area contributed by atoms with E-state index in [2.05, 4.69) is 5.32 Å². The lowest BCUT2D eigenvalue weighted by molar-refractivity contribution is -0.121. The van der Waals surface area contributed by atoms with E-state index < -0.39 is 5.82 Å². The molecule has 0 aliphatic carbocycles. The van der Waals surface area contributed by atoms with Crippen LogP contribution in [0.3, 0.4) is 0 Å². The van der Waals surface area contributed by atoms with Crippen molar-refractivity contribution in [3.63, 3.8) is 0 Å². The molecule has 2 amide bonds. The molecule has 0 aliphatic heterocycles. The summed E-state index contributed by atoms with van der Waals surface area (Å²) in [5.74, 6) is -1.04. The molecule has 0 aromatic heterocycles. The van der Waals surface area contributed by atoms with Gasteiger partial charge in [0.1, 0.15) is 5.82 Å². The molecule has 0 heterocycles. The third-order valence-corrected chi connectivity index (χ3v) is 4.52. The molecule has 0 spiro atoms. The molecule has 1 atom stereocenters. The predicted molar refractivity (Wildman–Crippen MR) is 102 cm³/mol. The Morgan fingerprint density at radius 1 is 1.15 bits per heavy atom. The van der Waals surface area contributed by atoms with Gasteiger partial charge in [0.2, 0.25) is 5.91 Å². The third kappa shape index (κ3) is 4.78. The van der Waals surface area contributed by atoms with Gasteiger partial charge in [0.25, 0.3) is 5.91 Å². The van der Waals surface area contributed by atoms with Crippen LogP contribution >= 0.6 is 0 Å². The van der Waals surface area contributed by atoms with Crippen LogP contribution in [0.2, 0.25) is 0 Å². The number of carbonyl (C=O) groups excluding carboxylic acids is 3. The second kappa shape index (κ2) is 8.58. The zero-order chi connectivity index (χ0) is 20.1.